The van der Waals surface area contributed by atoms with Crippen molar-refractivity contribution in [3.8, 4) is 0 Å². The average Bonchev–Trinajstić information content (AvgIpc) is 2.64. The number of rotatable bonds is 10. The summed E-state index contributed by atoms with van der Waals surface area (Å²) in [6.45, 7) is 2.25. The van der Waals surface area contributed by atoms with E-state index in [1.165, 1.54) is 32.1 Å². The molecule has 1 saturated carbocycles. The van der Waals surface area contributed by atoms with E-state index < -0.39 is 28.8 Å². The second-order valence-electron chi connectivity index (χ2n) is 7.84. The molecule has 3 unspecified atom stereocenters. The van der Waals surface area contributed by atoms with Gasteiger partial charge in [0.05, 0.1) is 25.0 Å². The second-order valence-corrected chi connectivity index (χ2v) is 9.62. The lowest BCUT2D eigenvalue weighted by Gasteiger charge is -2.27. The van der Waals surface area contributed by atoms with Crippen LogP contribution in [0, 0.1) is 5.92 Å². The highest BCUT2D eigenvalue weighted by Crippen LogP contribution is 2.27. The van der Waals surface area contributed by atoms with E-state index in [0.29, 0.717) is 18.2 Å². The molecule has 1 aromatic rings. The van der Waals surface area contributed by atoms with Crippen LogP contribution in [0.5, 0.6) is 0 Å². The molecule has 6 nitrogen and oxygen atoms in total. The van der Waals surface area contributed by atoms with Gasteiger partial charge in [-0.05, 0) is 30.4 Å². The molecule has 0 heterocycles. The van der Waals surface area contributed by atoms with Crippen molar-refractivity contribution in [1.82, 2.24) is 10.0 Å². The van der Waals surface area contributed by atoms with Gasteiger partial charge in [0.2, 0.25) is 10.0 Å². The van der Waals surface area contributed by atoms with Crippen LogP contribution in [0.1, 0.15) is 62.6 Å². The average molecular weight is 399 g/mol. The van der Waals surface area contributed by atoms with Gasteiger partial charge in [-0.25, -0.2) is 13.1 Å². The summed E-state index contributed by atoms with van der Waals surface area (Å²) in [5, 5.41) is 23.0. The van der Waals surface area contributed by atoms with Gasteiger partial charge < -0.3 is 15.5 Å². The molecule has 1 fully saturated rings. The fourth-order valence-corrected chi connectivity index (χ4v) is 4.72. The van der Waals surface area contributed by atoms with Crippen LogP contribution in [0.25, 0.3) is 0 Å². The minimum Gasteiger partial charge on any atom is -0.394 e. The molecule has 1 aliphatic rings. The van der Waals surface area contributed by atoms with Crippen molar-refractivity contribution in [2.24, 2.45) is 5.92 Å². The van der Waals surface area contributed by atoms with Crippen LogP contribution in [0.15, 0.2) is 24.3 Å². The predicted molar refractivity (Wildman–Crippen MR) is 108 cm³/mol. The van der Waals surface area contributed by atoms with Gasteiger partial charge in [-0.15, -0.1) is 0 Å². The predicted octanol–water partition coefficient (Wildman–Crippen LogP) is 2.08. The molecule has 0 saturated heterocycles. The number of aliphatic hydroxyl groups is 2. The molecule has 1 aromatic carbocycles. The standard InChI is InChI=1S/C20H34N2O4S/c1-15(12-16-8-4-3-5-9-16)21-13-17-10-6-7-11-18(17)20(19(24)14-23)22-27(2,25)26/h6-7,10-11,15-16,19-24H,3-5,8-9,12-14H2,1-2H3. The minimum atomic E-state index is -3.54. The van der Waals surface area contributed by atoms with Crippen LogP contribution in [0.2, 0.25) is 0 Å². The Bertz CT molecular complexity index is 674. The molecule has 4 N–H and O–H groups in total. The van der Waals surface area contributed by atoms with E-state index in [-0.39, 0.29) is 0 Å². The van der Waals surface area contributed by atoms with Crippen LogP contribution in [0.4, 0.5) is 0 Å². The quantitative estimate of drug-likeness (QED) is 0.484. The minimum absolute atomic E-state index is 0.366. The summed E-state index contributed by atoms with van der Waals surface area (Å²) in [6.07, 6.45) is 7.63. The van der Waals surface area contributed by atoms with E-state index in [2.05, 4.69) is 17.0 Å². The number of nitrogens with one attached hydrogen (secondary N) is 2. The third kappa shape index (κ3) is 7.50. The summed E-state index contributed by atoms with van der Waals surface area (Å²) in [4.78, 5) is 0. The third-order valence-electron chi connectivity index (χ3n) is 5.36. The summed E-state index contributed by atoms with van der Waals surface area (Å²) in [6, 6.07) is 6.92. The van der Waals surface area contributed by atoms with Gasteiger partial charge in [-0.3, -0.25) is 0 Å². The van der Waals surface area contributed by atoms with Crippen molar-refractivity contribution in [1.29, 1.82) is 0 Å². The number of hydrogen-bond acceptors (Lipinski definition) is 5. The maximum absolute atomic E-state index is 11.7. The Labute approximate surface area is 163 Å². The molecule has 0 spiro atoms. The van der Waals surface area contributed by atoms with Crippen LogP contribution in [-0.2, 0) is 16.6 Å². The Balaban J connectivity index is 2.06. The maximum Gasteiger partial charge on any atom is 0.209 e. The van der Waals surface area contributed by atoms with Crippen molar-refractivity contribution in [3.63, 3.8) is 0 Å². The summed E-state index contributed by atoms with van der Waals surface area (Å²) >= 11 is 0. The highest BCUT2D eigenvalue weighted by Gasteiger charge is 2.26. The van der Waals surface area contributed by atoms with E-state index in [0.717, 1.165) is 24.2 Å². The van der Waals surface area contributed by atoms with Gasteiger partial charge in [0.1, 0.15) is 0 Å². The molecule has 27 heavy (non-hydrogen) atoms. The van der Waals surface area contributed by atoms with Crippen molar-refractivity contribution in [3.05, 3.63) is 35.4 Å². The molecule has 1 aliphatic carbocycles. The summed E-state index contributed by atoms with van der Waals surface area (Å²) in [5.74, 6) is 0.785. The first-order valence-electron chi connectivity index (χ1n) is 9.87. The molecular formula is C20H34N2O4S. The van der Waals surface area contributed by atoms with Gasteiger partial charge >= 0.3 is 0 Å². The van der Waals surface area contributed by atoms with Crippen molar-refractivity contribution in [2.45, 2.75) is 70.2 Å². The molecule has 154 valence electrons. The molecule has 0 aliphatic heterocycles. The fourth-order valence-electron chi connectivity index (χ4n) is 3.97. The summed E-state index contributed by atoms with van der Waals surface area (Å²) in [5.41, 5.74) is 1.60. The van der Waals surface area contributed by atoms with Crippen molar-refractivity contribution < 1.29 is 18.6 Å². The van der Waals surface area contributed by atoms with E-state index >= 15 is 0 Å². The molecule has 2 rings (SSSR count). The molecule has 0 amide bonds. The lowest BCUT2D eigenvalue weighted by molar-refractivity contribution is 0.0691. The van der Waals surface area contributed by atoms with Gasteiger partial charge in [0.25, 0.3) is 0 Å². The van der Waals surface area contributed by atoms with E-state index in [1.807, 2.05) is 18.2 Å². The largest absolute Gasteiger partial charge is 0.394 e. The van der Waals surface area contributed by atoms with Gasteiger partial charge in [-0.2, -0.15) is 0 Å². The first-order valence-corrected chi connectivity index (χ1v) is 11.8. The van der Waals surface area contributed by atoms with Gasteiger partial charge in [0, 0.05) is 12.6 Å². The SMILES string of the molecule is CC(CC1CCCCC1)NCc1ccccc1C(NS(C)(=O)=O)C(O)CO. The van der Waals surface area contributed by atoms with E-state index in [9.17, 15) is 18.6 Å². The zero-order chi connectivity index (χ0) is 19.9. The Kier molecular flexibility index (Phi) is 8.69. The van der Waals surface area contributed by atoms with Crippen molar-refractivity contribution >= 4 is 10.0 Å². The Morgan fingerprint density at radius 1 is 1.19 bits per heavy atom. The fraction of sp³-hybridized carbons (Fsp3) is 0.700. The molecule has 0 radical (unpaired) electrons. The molecular weight excluding hydrogens is 364 g/mol. The lowest BCUT2D eigenvalue weighted by atomic mass is 9.85. The van der Waals surface area contributed by atoms with Crippen LogP contribution in [0.3, 0.4) is 0 Å². The number of hydrogen-bond donors (Lipinski definition) is 4. The highest BCUT2D eigenvalue weighted by molar-refractivity contribution is 7.88. The number of aliphatic hydroxyl groups excluding tert-OH is 2. The van der Waals surface area contributed by atoms with E-state index in [1.54, 1.807) is 6.07 Å². The second kappa shape index (κ2) is 10.5. The summed E-state index contributed by atoms with van der Waals surface area (Å²) < 4.78 is 25.9. The third-order valence-corrected chi connectivity index (χ3v) is 6.04. The van der Waals surface area contributed by atoms with Crippen LogP contribution >= 0.6 is 0 Å². The maximum atomic E-state index is 11.7. The highest BCUT2D eigenvalue weighted by atomic mass is 32.2. The number of benzene rings is 1. The van der Waals surface area contributed by atoms with Gasteiger partial charge in [0.15, 0.2) is 0 Å². The van der Waals surface area contributed by atoms with Crippen molar-refractivity contribution in [2.75, 3.05) is 12.9 Å². The topological polar surface area (TPSA) is 98.7 Å². The zero-order valence-corrected chi connectivity index (χ0v) is 17.2. The normalized spacial score (nSPS) is 19.6. The van der Waals surface area contributed by atoms with E-state index in [4.69, 9.17) is 0 Å². The Morgan fingerprint density at radius 2 is 1.85 bits per heavy atom. The zero-order valence-electron chi connectivity index (χ0n) is 16.4. The lowest BCUT2D eigenvalue weighted by Crippen LogP contribution is -2.38. The Hall–Kier alpha value is -0.990. The Morgan fingerprint density at radius 3 is 2.48 bits per heavy atom. The smallest absolute Gasteiger partial charge is 0.209 e. The van der Waals surface area contributed by atoms with Gasteiger partial charge in [-0.1, -0.05) is 56.4 Å². The first-order chi connectivity index (χ1) is 12.8. The summed E-state index contributed by atoms with van der Waals surface area (Å²) in [7, 11) is -3.54. The molecule has 3 atom stereocenters. The number of sulfonamides is 1. The van der Waals surface area contributed by atoms with Crippen LogP contribution < -0.4 is 10.0 Å². The molecule has 0 aromatic heterocycles. The van der Waals surface area contributed by atoms with Crippen LogP contribution in [-0.4, -0.2) is 43.6 Å². The first kappa shape index (κ1) is 22.3. The molecule has 0 bridgehead atoms. The monoisotopic (exact) mass is 398 g/mol. The molecule has 7 heteroatoms.